The second-order valence-electron chi connectivity index (χ2n) is 12.8. The lowest BCUT2D eigenvalue weighted by atomic mass is 9.79. The van der Waals surface area contributed by atoms with Gasteiger partial charge in [0.2, 0.25) is 0 Å². The van der Waals surface area contributed by atoms with Crippen molar-refractivity contribution in [3.63, 3.8) is 0 Å². The van der Waals surface area contributed by atoms with Gasteiger partial charge in [0, 0.05) is 33.0 Å². The first kappa shape index (κ1) is 23.6. The van der Waals surface area contributed by atoms with Gasteiger partial charge in [-0.2, -0.15) is 0 Å². The van der Waals surface area contributed by atoms with Gasteiger partial charge < -0.3 is 9.73 Å². The summed E-state index contributed by atoms with van der Waals surface area (Å²) in [5.41, 5.74) is 17.6. The molecule has 0 saturated carbocycles. The van der Waals surface area contributed by atoms with Gasteiger partial charge in [-0.1, -0.05) is 76.2 Å². The smallest absolute Gasteiger partial charge is 0.136 e. The van der Waals surface area contributed by atoms with Crippen molar-refractivity contribution in [2.75, 3.05) is 5.32 Å². The van der Waals surface area contributed by atoms with E-state index in [0.717, 1.165) is 16.9 Å². The van der Waals surface area contributed by atoms with Crippen LogP contribution in [0.25, 0.3) is 44.2 Å². The molecule has 0 bridgehead atoms. The zero-order valence-electron chi connectivity index (χ0n) is 24.0. The Balaban J connectivity index is 1.33. The molecule has 1 heterocycles. The predicted molar refractivity (Wildman–Crippen MR) is 168 cm³/mol. The maximum atomic E-state index is 6.32. The van der Waals surface area contributed by atoms with Gasteiger partial charge in [-0.05, 0) is 106 Å². The Labute approximate surface area is 235 Å². The highest BCUT2D eigenvalue weighted by Crippen LogP contribution is 2.58. The van der Waals surface area contributed by atoms with Crippen LogP contribution in [0.3, 0.4) is 0 Å². The van der Waals surface area contributed by atoms with Gasteiger partial charge in [0.25, 0.3) is 0 Å². The fraction of sp³-hybridized carbons (Fsp3) is 0.211. The van der Waals surface area contributed by atoms with Gasteiger partial charge in [-0.25, -0.2) is 0 Å². The molecule has 196 valence electrons. The third-order valence-corrected chi connectivity index (χ3v) is 9.72. The minimum absolute atomic E-state index is 0.0942. The summed E-state index contributed by atoms with van der Waals surface area (Å²) in [7, 11) is 0. The van der Waals surface area contributed by atoms with E-state index in [2.05, 4.69) is 132 Å². The molecule has 6 aromatic rings. The number of para-hydroxylation sites is 2. The zero-order chi connectivity index (χ0) is 27.6. The average Bonchev–Trinajstić information content (AvgIpc) is 3.49. The summed E-state index contributed by atoms with van der Waals surface area (Å²) < 4.78 is 6.32. The number of hydrogen-bond acceptors (Lipinski definition) is 2. The maximum Gasteiger partial charge on any atom is 0.136 e. The minimum Gasteiger partial charge on any atom is -0.456 e. The molecule has 0 saturated heterocycles. The van der Waals surface area contributed by atoms with E-state index < -0.39 is 0 Å². The van der Waals surface area contributed by atoms with Gasteiger partial charge in [0.15, 0.2) is 0 Å². The molecule has 0 aliphatic heterocycles. The standard InChI is InChI=1S/C38H33NO/c1-21-10-9-11-22(2)36(21)39-23-14-15-24-26-19-31-27(20-30(26)38(5,6)29(24)18-23)34-28(37(31,3)4)16-17-33-35(34)25-12-7-8-13-32(25)40-33/h7-20,39H,1-6H3. The van der Waals surface area contributed by atoms with Crippen molar-refractivity contribution in [3.8, 4) is 22.3 Å². The lowest BCUT2D eigenvalue weighted by Crippen LogP contribution is -2.17. The Morgan fingerprint density at radius 3 is 2.05 bits per heavy atom. The van der Waals surface area contributed by atoms with Crippen LogP contribution in [-0.2, 0) is 10.8 Å². The van der Waals surface area contributed by atoms with E-state index in [1.807, 2.05) is 0 Å². The molecule has 0 radical (unpaired) electrons. The molecular formula is C38H33NO. The zero-order valence-corrected chi connectivity index (χ0v) is 24.0. The van der Waals surface area contributed by atoms with Crippen molar-refractivity contribution in [3.05, 3.63) is 118 Å². The monoisotopic (exact) mass is 519 g/mol. The van der Waals surface area contributed by atoms with Crippen molar-refractivity contribution in [1.29, 1.82) is 0 Å². The highest BCUT2D eigenvalue weighted by molar-refractivity contribution is 6.15. The van der Waals surface area contributed by atoms with E-state index in [-0.39, 0.29) is 10.8 Å². The molecule has 40 heavy (non-hydrogen) atoms. The number of nitrogens with one attached hydrogen (secondary N) is 1. The Morgan fingerprint density at radius 1 is 0.575 bits per heavy atom. The molecule has 2 aliphatic rings. The van der Waals surface area contributed by atoms with Crippen molar-refractivity contribution in [2.24, 2.45) is 0 Å². The topological polar surface area (TPSA) is 25.2 Å². The number of aryl methyl sites for hydroxylation is 2. The van der Waals surface area contributed by atoms with Crippen LogP contribution in [0, 0.1) is 13.8 Å². The molecule has 0 spiro atoms. The summed E-state index contributed by atoms with van der Waals surface area (Å²) in [4.78, 5) is 0. The number of benzene rings is 5. The Bertz CT molecular complexity index is 2030. The van der Waals surface area contributed by atoms with Crippen LogP contribution in [0.1, 0.15) is 61.1 Å². The molecule has 5 aromatic carbocycles. The van der Waals surface area contributed by atoms with Gasteiger partial charge in [-0.3, -0.25) is 0 Å². The van der Waals surface area contributed by atoms with Crippen LogP contribution in [0.2, 0.25) is 0 Å². The van der Waals surface area contributed by atoms with Gasteiger partial charge in [0.05, 0.1) is 0 Å². The third kappa shape index (κ3) is 2.94. The molecular weight excluding hydrogens is 486 g/mol. The van der Waals surface area contributed by atoms with Crippen LogP contribution < -0.4 is 5.32 Å². The number of anilines is 2. The van der Waals surface area contributed by atoms with Gasteiger partial charge in [-0.15, -0.1) is 0 Å². The van der Waals surface area contributed by atoms with E-state index in [1.54, 1.807) is 0 Å². The Hall–Kier alpha value is -4.30. The highest BCUT2D eigenvalue weighted by Gasteiger charge is 2.42. The SMILES string of the molecule is Cc1cccc(C)c1Nc1ccc2c(c1)C(C)(C)c1cc3c(cc1-2)C(C)(C)c1ccc2oc4ccccc4c2c1-3. The summed E-state index contributed by atoms with van der Waals surface area (Å²) >= 11 is 0. The molecule has 1 N–H and O–H groups in total. The fourth-order valence-electron chi connectivity index (χ4n) is 7.50. The van der Waals surface area contributed by atoms with E-state index >= 15 is 0 Å². The largest absolute Gasteiger partial charge is 0.456 e. The molecule has 0 fully saturated rings. The molecule has 8 rings (SSSR count). The van der Waals surface area contributed by atoms with Crippen molar-refractivity contribution >= 4 is 33.3 Å². The summed E-state index contributed by atoms with van der Waals surface area (Å²) in [5.74, 6) is 0. The van der Waals surface area contributed by atoms with Crippen molar-refractivity contribution < 1.29 is 4.42 Å². The van der Waals surface area contributed by atoms with E-state index in [0.29, 0.717) is 0 Å². The molecule has 0 unspecified atom stereocenters. The van der Waals surface area contributed by atoms with Crippen molar-refractivity contribution in [1.82, 2.24) is 0 Å². The lowest BCUT2D eigenvalue weighted by molar-refractivity contribution is 0.651. The first-order valence-corrected chi connectivity index (χ1v) is 14.3. The van der Waals surface area contributed by atoms with Crippen molar-refractivity contribution in [2.45, 2.75) is 52.4 Å². The quantitative estimate of drug-likeness (QED) is 0.246. The van der Waals surface area contributed by atoms with E-state index in [1.165, 1.54) is 72.1 Å². The fourth-order valence-corrected chi connectivity index (χ4v) is 7.50. The molecule has 1 aromatic heterocycles. The number of fused-ring (bicyclic) bond motifs is 10. The van der Waals surface area contributed by atoms with Crippen LogP contribution in [0.4, 0.5) is 11.4 Å². The molecule has 0 amide bonds. The number of rotatable bonds is 2. The van der Waals surface area contributed by atoms with E-state index in [4.69, 9.17) is 4.42 Å². The molecule has 2 aliphatic carbocycles. The second kappa shape index (κ2) is 7.67. The maximum absolute atomic E-state index is 6.32. The first-order chi connectivity index (χ1) is 19.2. The van der Waals surface area contributed by atoms with Gasteiger partial charge in [0.1, 0.15) is 11.2 Å². The van der Waals surface area contributed by atoms with Crippen LogP contribution in [-0.4, -0.2) is 0 Å². The summed E-state index contributed by atoms with van der Waals surface area (Å²) in [6.07, 6.45) is 0. The number of hydrogen-bond donors (Lipinski definition) is 1. The Morgan fingerprint density at radius 2 is 1.25 bits per heavy atom. The molecule has 2 nitrogen and oxygen atoms in total. The van der Waals surface area contributed by atoms with Gasteiger partial charge >= 0.3 is 0 Å². The van der Waals surface area contributed by atoms with Crippen LogP contribution in [0.15, 0.2) is 89.3 Å². The molecule has 2 heteroatoms. The van der Waals surface area contributed by atoms with E-state index in [9.17, 15) is 0 Å². The summed E-state index contributed by atoms with van der Waals surface area (Å²) in [6.45, 7) is 13.8. The highest BCUT2D eigenvalue weighted by atomic mass is 16.3. The first-order valence-electron chi connectivity index (χ1n) is 14.3. The predicted octanol–water partition coefficient (Wildman–Crippen LogP) is 10.6. The Kier molecular flexibility index (Phi) is 4.52. The van der Waals surface area contributed by atoms with Crippen LogP contribution >= 0.6 is 0 Å². The van der Waals surface area contributed by atoms with Crippen LogP contribution in [0.5, 0.6) is 0 Å². The summed E-state index contributed by atoms with van der Waals surface area (Å²) in [6, 6.07) is 31.3. The minimum atomic E-state index is -0.114. The normalized spacial score (nSPS) is 15.7. The lowest BCUT2D eigenvalue weighted by Gasteiger charge is -2.24. The third-order valence-electron chi connectivity index (χ3n) is 9.72. The average molecular weight is 520 g/mol. The summed E-state index contributed by atoms with van der Waals surface area (Å²) in [5, 5.41) is 6.17. The molecule has 0 atom stereocenters. The number of furan rings is 1. The second-order valence-corrected chi connectivity index (χ2v) is 12.8.